The van der Waals surface area contributed by atoms with E-state index in [0.717, 1.165) is 23.2 Å². The van der Waals surface area contributed by atoms with Crippen LogP contribution in [-0.2, 0) is 5.41 Å². The van der Waals surface area contributed by atoms with Gasteiger partial charge in [-0.1, -0.05) is 109 Å². The zero-order valence-electron chi connectivity index (χ0n) is 30.7. The van der Waals surface area contributed by atoms with Gasteiger partial charge in [0.25, 0.3) is 0 Å². The van der Waals surface area contributed by atoms with E-state index in [1.54, 1.807) is 5.56 Å². The number of hydrogen-bond donors (Lipinski definition) is 0. The Morgan fingerprint density at radius 2 is 1.13 bits per heavy atom. The van der Waals surface area contributed by atoms with Gasteiger partial charge in [0.15, 0.2) is 0 Å². The Labute approximate surface area is 325 Å². The highest BCUT2D eigenvalue weighted by Gasteiger charge is 2.77. The molecular formula is C52H40N2S. The monoisotopic (exact) mass is 724 g/mol. The molecular weight excluding hydrogens is 685 g/mol. The summed E-state index contributed by atoms with van der Waals surface area (Å²) in [6.07, 6.45) is 7.29. The Morgan fingerprint density at radius 1 is 0.527 bits per heavy atom. The number of para-hydroxylation sites is 3. The maximum absolute atomic E-state index is 2.51. The predicted molar refractivity (Wildman–Crippen MR) is 231 cm³/mol. The lowest BCUT2D eigenvalue weighted by Gasteiger charge is -2.66. The van der Waals surface area contributed by atoms with Crippen LogP contribution in [-0.4, -0.2) is 4.57 Å². The Morgan fingerprint density at radius 3 is 1.82 bits per heavy atom. The molecule has 264 valence electrons. The molecule has 2 bridgehead atoms. The Kier molecular flexibility index (Phi) is 6.12. The molecule has 13 rings (SSSR count). The number of benzene rings is 7. The highest BCUT2D eigenvalue weighted by molar-refractivity contribution is 7.26. The molecule has 0 unspecified atom stereocenters. The van der Waals surface area contributed by atoms with Crippen molar-refractivity contribution in [3.05, 3.63) is 169 Å². The summed E-state index contributed by atoms with van der Waals surface area (Å²) in [5, 5.41) is 5.22. The van der Waals surface area contributed by atoms with Gasteiger partial charge in [-0.3, -0.25) is 0 Å². The number of fused-ring (bicyclic) bond motifs is 7. The Balaban J connectivity index is 0.940. The first-order chi connectivity index (χ1) is 27.2. The smallest absolute Gasteiger partial charge is 0.0640 e. The van der Waals surface area contributed by atoms with Gasteiger partial charge in [-0.25, -0.2) is 0 Å². The van der Waals surface area contributed by atoms with Crippen LogP contribution in [0.2, 0.25) is 0 Å². The molecule has 2 aromatic heterocycles. The first kappa shape index (κ1) is 30.7. The van der Waals surface area contributed by atoms with E-state index in [4.69, 9.17) is 0 Å². The van der Waals surface area contributed by atoms with E-state index in [-0.39, 0.29) is 0 Å². The molecule has 4 fully saturated rings. The maximum atomic E-state index is 2.51. The average molecular weight is 725 g/mol. The molecule has 4 aliphatic carbocycles. The number of rotatable bonds is 6. The zero-order chi connectivity index (χ0) is 35.9. The largest absolute Gasteiger partial charge is 0.309 e. The predicted octanol–water partition coefficient (Wildman–Crippen LogP) is 14.4. The van der Waals surface area contributed by atoms with Crippen LogP contribution < -0.4 is 4.90 Å². The average Bonchev–Trinajstić information content (AvgIpc) is 3.96. The van der Waals surface area contributed by atoms with Gasteiger partial charge in [-0.15, -0.1) is 11.3 Å². The van der Waals surface area contributed by atoms with Crippen LogP contribution in [0.3, 0.4) is 0 Å². The van der Waals surface area contributed by atoms with Gasteiger partial charge in [0.05, 0.1) is 27.1 Å². The molecule has 0 amide bonds. The van der Waals surface area contributed by atoms with Crippen molar-refractivity contribution in [2.75, 3.05) is 4.90 Å². The summed E-state index contributed by atoms with van der Waals surface area (Å²) in [4.78, 5) is 2.51. The first-order valence-corrected chi connectivity index (χ1v) is 21.0. The van der Waals surface area contributed by atoms with Gasteiger partial charge in [0, 0.05) is 43.2 Å². The lowest BCUT2D eigenvalue weighted by atomic mass is 9.38. The first-order valence-electron chi connectivity index (χ1n) is 20.2. The summed E-state index contributed by atoms with van der Waals surface area (Å²) in [6, 6.07) is 61.3. The molecule has 0 N–H and O–H groups in total. The standard InChI is InChI=1S/C52H40N2S/c1-5-15-45(54-46-16-6-2-11-41(46)42-12-3-7-17-47(42)54)40(10-1)33-20-24-38(25-21-33)53(48-18-9-14-44-43-13-4-8-19-49(43)55-50(44)48)39-26-22-34(23-27-39)51-30-36-28-35-29-37(31-51)52(35,36)32-51/h1-27,35-37H,28-32H2/t35?,36-,37-,51?,52?/m0/s1. The van der Waals surface area contributed by atoms with Gasteiger partial charge in [0.2, 0.25) is 0 Å². The van der Waals surface area contributed by atoms with Crippen molar-refractivity contribution in [3.8, 4) is 16.8 Å². The number of anilines is 3. The lowest BCUT2D eigenvalue weighted by Crippen LogP contribution is -2.59. The molecule has 2 nitrogen and oxygen atoms in total. The van der Waals surface area contributed by atoms with Crippen LogP contribution in [0.15, 0.2) is 164 Å². The van der Waals surface area contributed by atoms with Crippen molar-refractivity contribution in [2.45, 2.75) is 37.5 Å². The number of thiophene rings is 1. The van der Waals surface area contributed by atoms with Crippen molar-refractivity contribution in [2.24, 2.45) is 23.2 Å². The number of aromatic nitrogens is 1. The summed E-state index contributed by atoms with van der Waals surface area (Å²) in [5.74, 6) is 3.02. The summed E-state index contributed by atoms with van der Waals surface area (Å²) in [5.41, 5.74) is 12.4. The van der Waals surface area contributed by atoms with E-state index >= 15 is 0 Å². The summed E-state index contributed by atoms with van der Waals surface area (Å²) in [7, 11) is 0. The maximum Gasteiger partial charge on any atom is 0.0640 e. The minimum absolute atomic E-state index is 0.404. The van der Waals surface area contributed by atoms with Crippen LogP contribution >= 0.6 is 11.3 Å². The molecule has 0 saturated heterocycles. The third kappa shape index (κ3) is 4.04. The molecule has 0 aliphatic heterocycles. The fraction of sp³-hybridized carbons (Fsp3) is 0.192. The van der Waals surface area contributed by atoms with E-state index in [1.807, 2.05) is 11.3 Å². The Bertz CT molecular complexity index is 2930. The van der Waals surface area contributed by atoms with Crippen molar-refractivity contribution in [1.29, 1.82) is 0 Å². The van der Waals surface area contributed by atoms with Gasteiger partial charge in [-0.2, -0.15) is 0 Å². The van der Waals surface area contributed by atoms with Crippen LogP contribution in [0.25, 0.3) is 58.8 Å². The van der Waals surface area contributed by atoms with Gasteiger partial charge < -0.3 is 9.47 Å². The van der Waals surface area contributed by atoms with Crippen molar-refractivity contribution < 1.29 is 0 Å². The van der Waals surface area contributed by atoms with E-state index in [1.165, 1.54) is 108 Å². The van der Waals surface area contributed by atoms with E-state index in [0.29, 0.717) is 5.41 Å². The second-order valence-corrected chi connectivity index (χ2v) is 18.2. The zero-order valence-corrected chi connectivity index (χ0v) is 31.5. The summed E-state index contributed by atoms with van der Waals surface area (Å²) < 4.78 is 5.10. The van der Waals surface area contributed by atoms with E-state index in [2.05, 4.69) is 173 Å². The van der Waals surface area contributed by atoms with Crippen molar-refractivity contribution >= 4 is 70.4 Å². The van der Waals surface area contributed by atoms with Crippen LogP contribution in [0.4, 0.5) is 17.1 Å². The molecule has 4 saturated carbocycles. The second kappa shape index (κ2) is 11.0. The number of nitrogens with zero attached hydrogens (tertiary/aromatic N) is 2. The van der Waals surface area contributed by atoms with Crippen molar-refractivity contribution in [1.82, 2.24) is 4.57 Å². The molecule has 7 aromatic carbocycles. The highest BCUT2D eigenvalue weighted by atomic mass is 32.1. The minimum Gasteiger partial charge on any atom is -0.309 e. The molecule has 55 heavy (non-hydrogen) atoms. The van der Waals surface area contributed by atoms with Gasteiger partial charge >= 0.3 is 0 Å². The second-order valence-electron chi connectivity index (χ2n) is 17.1. The fourth-order valence-corrected chi connectivity index (χ4v) is 13.8. The van der Waals surface area contributed by atoms with Gasteiger partial charge in [-0.05, 0) is 126 Å². The van der Waals surface area contributed by atoms with Crippen molar-refractivity contribution in [3.63, 3.8) is 0 Å². The lowest BCUT2D eigenvalue weighted by molar-refractivity contribution is -0.175. The summed E-state index contributed by atoms with van der Waals surface area (Å²) in [6.45, 7) is 0. The topological polar surface area (TPSA) is 8.17 Å². The molecule has 1 spiro atoms. The molecule has 0 radical (unpaired) electrons. The van der Waals surface area contributed by atoms with E-state index < -0.39 is 0 Å². The Hall–Kier alpha value is -5.64. The minimum atomic E-state index is 0.404. The molecule has 4 aliphatic rings. The van der Waals surface area contributed by atoms with Crippen LogP contribution in [0, 0.1) is 23.2 Å². The van der Waals surface area contributed by atoms with Crippen LogP contribution in [0.1, 0.15) is 37.7 Å². The fourth-order valence-electron chi connectivity index (χ4n) is 12.6. The molecule has 3 heteroatoms. The van der Waals surface area contributed by atoms with Gasteiger partial charge in [0.1, 0.15) is 0 Å². The number of hydrogen-bond acceptors (Lipinski definition) is 2. The normalized spacial score (nSPS) is 24.7. The third-order valence-electron chi connectivity index (χ3n) is 14.9. The SMILES string of the molecule is c1ccc(-n2c3ccccc3c3ccccc32)c(-c2ccc(N(c3ccc(C45C[C@@H]6CC7C[C@@H](C4)C76C5)cc3)c3cccc4c3sc3ccccc34)cc2)c1. The quantitative estimate of drug-likeness (QED) is 0.166. The highest BCUT2D eigenvalue weighted by Crippen LogP contribution is 2.84. The molecule has 9 aromatic rings. The summed E-state index contributed by atoms with van der Waals surface area (Å²) >= 11 is 1.91. The van der Waals surface area contributed by atoms with Crippen LogP contribution in [0.5, 0.6) is 0 Å². The molecule has 2 atom stereocenters. The third-order valence-corrected chi connectivity index (χ3v) is 16.1. The van der Waals surface area contributed by atoms with E-state index in [9.17, 15) is 0 Å². The molecule has 2 heterocycles.